The van der Waals surface area contributed by atoms with Gasteiger partial charge in [-0.05, 0) is 36.8 Å². The van der Waals surface area contributed by atoms with Crippen molar-refractivity contribution in [2.75, 3.05) is 13.1 Å². The lowest BCUT2D eigenvalue weighted by Crippen LogP contribution is -2.48. The second-order valence-corrected chi connectivity index (χ2v) is 7.20. The summed E-state index contributed by atoms with van der Waals surface area (Å²) >= 11 is 6.10. The van der Waals surface area contributed by atoms with Gasteiger partial charge in [0, 0.05) is 25.1 Å². The van der Waals surface area contributed by atoms with Crippen molar-refractivity contribution >= 4 is 17.5 Å². The largest absolute Gasteiger partial charge is 0.480 e. The van der Waals surface area contributed by atoms with Gasteiger partial charge in [-0.25, -0.2) is 8.78 Å². The molecule has 1 aliphatic heterocycles. The highest BCUT2D eigenvalue weighted by Crippen LogP contribution is 2.37. The van der Waals surface area contributed by atoms with Gasteiger partial charge < -0.3 is 9.64 Å². The predicted molar refractivity (Wildman–Crippen MR) is 97.3 cm³/mol. The number of amides is 1. The second kappa shape index (κ2) is 8.11. The summed E-state index contributed by atoms with van der Waals surface area (Å²) in [5.41, 5.74) is -0.109. The zero-order chi connectivity index (χ0) is 22.2. The molecule has 0 aliphatic carbocycles. The van der Waals surface area contributed by atoms with Crippen LogP contribution in [-0.2, 0) is 0 Å². The van der Waals surface area contributed by atoms with Crippen molar-refractivity contribution in [2.24, 2.45) is 0 Å². The summed E-state index contributed by atoms with van der Waals surface area (Å²) < 4.78 is 70.4. The third kappa shape index (κ3) is 4.33. The molecule has 1 fully saturated rings. The molecule has 0 saturated carbocycles. The molecule has 0 bridgehead atoms. The molecule has 1 heterocycles. The van der Waals surface area contributed by atoms with E-state index in [1.54, 1.807) is 6.07 Å². The Balaban J connectivity index is 1.86. The van der Waals surface area contributed by atoms with Crippen LogP contribution < -0.4 is 4.74 Å². The van der Waals surface area contributed by atoms with Crippen LogP contribution in [0.3, 0.4) is 0 Å². The van der Waals surface area contributed by atoms with Crippen LogP contribution in [0.2, 0.25) is 5.02 Å². The Hall–Kier alpha value is -2.86. The molecule has 0 spiro atoms. The van der Waals surface area contributed by atoms with E-state index in [0.29, 0.717) is 5.56 Å². The zero-order valence-electron chi connectivity index (χ0n) is 15.4. The van der Waals surface area contributed by atoms with Gasteiger partial charge in [0.15, 0.2) is 6.10 Å². The maximum absolute atomic E-state index is 13.4. The monoisotopic (exact) mass is 444 g/mol. The number of likely N-dealkylation sites (tertiary alicyclic amines) is 1. The number of carbonyl (C=O) groups is 1. The van der Waals surface area contributed by atoms with Gasteiger partial charge in [-0.3, -0.25) is 4.79 Å². The number of nitrogens with zero attached hydrogens (tertiary/aromatic N) is 2. The lowest BCUT2D eigenvalue weighted by molar-refractivity contribution is -0.189. The quantitative estimate of drug-likeness (QED) is 0.619. The highest BCUT2D eigenvalue weighted by Gasteiger charge is 2.40. The molecule has 1 saturated heterocycles. The molecule has 4 nitrogen and oxygen atoms in total. The van der Waals surface area contributed by atoms with Gasteiger partial charge >= 0.3 is 6.18 Å². The minimum Gasteiger partial charge on any atom is -0.480 e. The predicted octanol–water partition coefficient (Wildman–Crippen LogP) is 5.06. The fourth-order valence-corrected chi connectivity index (χ4v) is 3.30. The van der Waals surface area contributed by atoms with Crippen molar-refractivity contribution in [3.8, 4) is 11.8 Å². The van der Waals surface area contributed by atoms with Gasteiger partial charge in [0.1, 0.15) is 29.0 Å². The average molecular weight is 445 g/mol. The summed E-state index contributed by atoms with van der Waals surface area (Å²) in [7, 11) is 0. The van der Waals surface area contributed by atoms with Crippen molar-refractivity contribution in [1.29, 1.82) is 5.26 Å². The van der Waals surface area contributed by atoms with E-state index in [2.05, 4.69) is 0 Å². The maximum atomic E-state index is 13.4. The van der Waals surface area contributed by atoms with Crippen molar-refractivity contribution in [1.82, 2.24) is 4.90 Å². The first-order valence-electron chi connectivity index (χ1n) is 8.72. The van der Waals surface area contributed by atoms with Gasteiger partial charge in [0.05, 0.1) is 10.6 Å². The molecule has 2 aromatic carbocycles. The number of carbonyl (C=O) groups excluding carboxylic acids is 1. The Morgan fingerprint density at radius 1 is 1.23 bits per heavy atom. The summed E-state index contributed by atoms with van der Waals surface area (Å²) in [6.07, 6.45) is -6.89. The number of ether oxygens (including phenoxy) is 1. The Morgan fingerprint density at radius 2 is 1.83 bits per heavy atom. The summed E-state index contributed by atoms with van der Waals surface area (Å²) in [5, 5.41) is 8.80. The van der Waals surface area contributed by atoms with Crippen LogP contribution in [0.5, 0.6) is 5.75 Å². The molecule has 30 heavy (non-hydrogen) atoms. The molecule has 0 radical (unpaired) electrons. The van der Waals surface area contributed by atoms with E-state index in [1.165, 1.54) is 4.90 Å². The van der Waals surface area contributed by atoms with E-state index in [0.717, 1.165) is 37.3 Å². The van der Waals surface area contributed by atoms with E-state index >= 15 is 0 Å². The summed E-state index contributed by atoms with van der Waals surface area (Å²) in [6, 6.07) is 7.03. The fraction of sp³-hybridized carbons (Fsp3) is 0.300. The Kier molecular flexibility index (Phi) is 5.90. The number of hydrogen-bond donors (Lipinski definition) is 0. The molecule has 0 N–H and O–H groups in total. The number of rotatable bonds is 4. The van der Waals surface area contributed by atoms with Gasteiger partial charge in [0.25, 0.3) is 5.91 Å². The molecular formula is C20H14ClF5N2O2. The first-order valence-corrected chi connectivity index (χ1v) is 9.10. The van der Waals surface area contributed by atoms with Gasteiger partial charge in [-0.2, -0.15) is 18.4 Å². The van der Waals surface area contributed by atoms with E-state index in [4.69, 9.17) is 21.6 Å². The van der Waals surface area contributed by atoms with Crippen LogP contribution >= 0.6 is 11.6 Å². The first-order chi connectivity index (χ1) is 14.0. The molecule has 3 rings (SSSR count). The fourth-order valence-electron chi connectivity index (χ4n) is 3.02. The number of hydrogen-bond acceptors (Lipinski definition) is 3. The smallest absolute Gasteiger partial charge is 0.425 e. The number of halogens is 6. The lowest BCUT2D eigenvalue weighted by atomic mass is 9.90. The molecule has 1 amide bonds. The summed E-state index contributed by atoms with van der Waals surface area (Å²) in [5.74, 6) is -3.01. The van der Waals surface area contributed by atoms with Crippen molar-refractivity contribution in [3.05, 3.63) is 63.7 Å². The average Bonchev–Trinajstić information content (AvgIpc) is 2.59. The van der Waals surface area contributed by atoms with Crippen LogP contribution in [0.25, 0.3) is 0 Å². The highest BCUT2D eigenvalue weighted by atomic mass is 35.5. The Labute approximate surface area is 173 Å². The van der Waals surface area contributed by atoms with Crippen LogP contribution in [-0.4, -0.2) is 36.2 Å². The second-order valence-electron chi connectivity index (χ2n) is 6.82. The SMILES string of the molecule is CC(Oc1ccc(C#N)c(Cl)c1C(=O)N1CC(c2cc(F)cc(F)c2)C1)C(F)(F)F. The Bertz CT molecular complexity index is 1010. The maximum Gasteiger partial charge on any atom is 0.425 e. The van der Waals surface area contributed by atoms with Crippen molar-refractivity contribution < 1.29 is 31.5 Å². The molecule has 0 aromatic heterocycles. The topological polar surface area (TPSA) is 53.3 Å². The zero-order valence-corrected chi connectivity index (χ0v) is 16.2. The third-order valence-electron chi connectivity index (χ3n) is 4.73. The normalized spacial score (nSPS) is 15.3. The van der Waals surface area contributed by atoms with Crippen molar-refractivity contribution in [3.63, 3.8) is 0 Å². The molecule has 1 unspecified atom stereocenters. The number of nitriles is 1. The summed E-state index contributed by atoms with van der Waals surface area (Å²) in [4.78, 5) is 14.2. The molecule has 2 aromatic rings. The minimum atomic E-state index is -4.68. The van der Waals surface area contributed by atoms with Crippen LogP contribution in [0, 0.1) is 23.0 Å². The van der Waals surface area contributed by atoms with Gasteiger partial charge in [-0.15, -0.1) is 0 Å². The van der Waals surface area contributed by atoms with Crippen LogP contribution in [0.15, 0.2) is 30.3 Å². The first kappa shape index (κ1) is 21.8. The van der Waals surface area contributed by atoms with E-state index in [9.17, 15) is 26.7 Å². The lowest BCUT2D eigenvalue weighted by Gasteiger charge is -2.40. The van der Waals surface area contributed by atoms with E-state index in [-0.39, 0.29) is 35.2 Å². The molecule has 158 valence electrons. The number of alkyl halides is 3. The van der Waals surface area contributed by atoms with E-state index in [1.807, 2.05) is 0 Å². The third-order valence-corrected chi connectivity index (χ3v) is 5.12. The van der Waals surface area contributed by atoms with E-state index < -0.39 is 35.6 Å². The molecular weight excluding hydrogens is 431 g/mol. The van der Waals surface area contributed by atoms with Crippen molar-refractivity contribution in [2.45, 2.75) is 25.1 Å². The molecule has 1 aliphatic rings. The number of benzene rings is 2. The van der Waals surface area contributed by atoms with Crippen LogP contribution in [0.4, 0.5) is 22.0 Å². The van der Waals surface area contributed by atoms with Gasteiger partial charge in [-0.1, -0.05) is 11.6 Å². The molecule has 1 atom stereocenters. The highest BCUT2D eigenvalue weighted by molar-refractivity contribution is 6.35. The molecule has 10 heteroatoms. The van der Waals surface area contributed by atoms with Crippen LogP contribution in [0.1, 0.15) is 34.3 Å². The Morgan fingerprint density at radius 3 is 2.37 bits per heavy atom. The van der Waals surface area contributed by atoms with Gasteiger partial charge in [0.2, 0.25) is 0 Å². The minimum absolute atomic E-state index is 0.0725. The standard InChI is InChI=1S/C20H14ClF5N2O2/c1-10(20(24,25)26)30-16-3-2-11(7-27)18(21)17(16)19(29)28-8-13(9-28)12-4-14(22)6-15(23)5-12/h2-6,10,13H,8-9H2,1H3. The summed E-state index contributed by atoms with van der Waals surface area (Å²) in [6.45, 7) is 0.921.